The van der Waals surface area contributed by atoms with Gasteiger partial charge in [0.05, 0.1) is 10.6 Å². The normalized spacial score (nSPS) is 25.4. The number of cyclic esters (lactones) is 1. The number of amides is 2. The first-order valence-corrected chi connectivity index (χ1v) is 15.8. The molecule has 1 saturated carbocycles. The second-order valence-electron chi connectivity index (χ2n) is 13.4. The molecule has 3 heterocycles. The van der Waals surface area contributed by atoms with E-state index in [1.807, 2.05) is 15.9 Å². The molecule has 4 fully saturated rings. The van der Waals surface area contributed by atoms with Gasteiger partial charge in [0.1, 0.15) is 12.4 Å². The lowest BCUT2D eigenvalue weighted by molar-refractivity contribution is -0.121. The Balaban J connectivity index is 0.000000194. The number of rotatable bonds is 6. The number of ether oxygens (including phenoxy) is 1. The van der Waals surface area contributed by atoms with Crippen molar-refractivity contribution in [2.45, 2.75) is 103 Å². The summed E-state index contributed by atoms with van der Waals surface area (Å²) in [4.78, 5) is 29.7. The zero-order valence-corrected chi connectivity index (χ0v) is 25.7. The number of hydrogen-bond acceptors (Lipinski definition) is 4. The summed E-state index contributed by atoms with van der Waals surface area (Å²) in [6, 6.07) is 5.71. The molecule has 40 heavy (non-hydrogen) atoms. The molecule has 4 aliphatic rings. The lowest BCUT2D eigenvalue weighted by atomic mass is 9.63. The maximum atomic E-state index is 13.1. The van der Waals surface area contributed by atoms with Gasteiger partial charge in [-0.3, -0.25) is 9.69 Å². The fraction of sp³-hybridized carbons (Fsp3) is 0.750. The summed E-state index contributed by atoms with van der Waals surface area (Å²) in [5.74, 6) is 0.838. The van der Waals surface area contributed by atoms with E-state index >= 15 is 0 Å². The molecular formula is C32H49ClFN3O3. The Morgan fingerprint density at radius 2 is 1.77 bits per heavy atom. The van der Waals surface area contributed by atoms with E-state index in [9.17, 15) is 14.0 Å². The number of likely N-dealkylation sites (tertiary alicyclic amines) is 2. The predicted molar refractivity (Wildman–Crippen MR) is 158 cm³/mol. The first-order valence-electron chi connectivity index (χ1n) is 15.4. The Hall–Kier alpha value is -1.86. The third-order valence-electron chi connectivity index (χ3n) is 9.99. The molecule has 224 valence electrons. The second-order valence-corrected chi connectivity index (χ2v) is 13.8. The highest BCUT2D eigenvalue weighted by Crippen LogP contribution is 2.47. The van der Waals surface area contributed by atoms with Gasteiger partial charge in [0.2, 0.25) is 6.41 Å². The number of nitrogens with zero attached hydrogens (tertiary/aromatic N) is 3. The van der Waals surface area contributed by atoms with Gasteiger partial charge in [-0.15, -0.1) is 0 Å². The first kappa shape index (κ1) is 31.1. The van der Waals surface area contributed by atoms with Gasteiger partial charge in [0.15, 0.2) is 0 Å². The Bertz CT molecular complexity index is 1010. The molecule has 0 spiro atoms. The van der Waals surface area contributed by atoms with Crippen molar-refractivity contribution in [3.8, 4) is 0 Å². The predicted octanol–water partition coefficient (Wildman–Crippen LogP) is 7.10. The average Bonchev–Trinajstić information content (AvgIpc) is 3.22. The van der Waals surface area contributed by atoms with Crippen molar-refractivity contribution < 1.29 is 18.7 Å². The van der Waals surface area contributed by atoms with Crippen LogP contribution >= 0.6 is 11.6 Å². The first-order chi connectivity index (χ1) is 19.0. The minimum Gasteiger partial charge on any atom is -0.447 e. The van der Waals surface area contributed by atoms with E-state index in [0.29, 0.717) is 24.5 Å². The average molecular weight is 578 g/mol. The fourth-order valence-electron chi connectivity index (χ4n) is 7.23. The van der Waals surface area contributed by atoms with Crippen LogP contribution in [-0.2, 0) is 9.53 Å². The van der Waals surface area contributed by atoms with Gasteiger partial charge in [-0.25, -0.2) is 9.18 Å². The van der Waals surface area contributed by atoms with Crippen LogP contribution in [0.4, 0.5) is 9.18 Å². The van der Waals surface area contributed by atoms with E-state index in [1.54, 1.807) is 6.07 Å². The third kappa shape index (κ3) is 7.31. The summed E-state index contributed by atoms with van der Waals surface area (Å²) in [5.41, 5.74) is 1.10. The lowest BCUT2D eigenvalue weighted by Gasteiger charge is -2.50. The van der Waals surface area contributed by atoms with Crippen molar-refractivity contribution in [2.24, 2.45) is 11.3 Å². The van der Waals surface area contributed by atoms with Crippen LogP contribution in [0.15, 0.2) is 18.2 Å². The Labute approximate surface area is 245 Å². The molecule has 1 aromatic carbocycles. The highest BCUT2D eigenvalue weighted by Gasteiger charge is 2.48. The Kier molecular flexibility index (Phi) is 10.4. The molecule has 6 nitrogen and oxygen atoms in total. The molecule has 3 saturated heterocycles. The van der Waals surface area contributed by atoms with Crippen LogP contribution in [0.1, 0.15) is 97.0 Å². The number of carbonyl (C=O) groups excluding carboxylic acids is 2. The molecule has 2 amide bonds. The number of hydrogen-bond donors (Lipinski definition) is 0. The summed E-state index contributed by atoms with van der Waals surface area (Å²) < 4.78 is 18.4. The number of benzene rings is 1. The van der Waals surface area contributed by atoms with Gasteiger partial charge in [-0.1, -0.05) is 36.9 Å². The van der Waals surface area contributed by atoms with Gasteiger partial charge in [0, 0.05) is 32.2 Å². The van der Waals surface area contributed by atoms with Gasteiger partial charge >= 0.3 is 6.09 Å². The SMILES string of the molecule is CC(C)N1CCC[C@H](c2ccc(F)c(Cl)c2)C1.CC1(C)COC(=O)N1CC1(C2CCCCC2)CCN(C=O)CC1. The van der Waals surface area contributed by atoms with Crippen LogP contribution < -0.4 is 0 Å². The maximum absolute atomic E-state index is 13.1. The van der Waals surface area contributed by atoms with Crippen LogP contribution in [-0.4, -0.2) is 78.1 Å². The topological polar surface area (TPSA) is 53.1 Å². The molecule has 8 heteroatoms. The molecule has 3 aliphatic heterocycles. The quantitative estimate of drug-likeness (QED) is 0.338. The van der Waals surface area contributed by atoms with Crippen LogP contribution in [0, 0.1) is 17.2 Å². The zero-order chi connectivity index (χ0) is 28.9. The molecule has 0 N–H and O–H groups in total. The maximum Gasteiger partial charge on any atom is 0.410 e. The van der Waals surface area contributed by atoms with Crippen LogP contribution in [0.3, 0.4) is 0 Å². The minimum absolute atomic E-state index is 0.153. The molecule has 1 aromatic rings. The molecule has 1 atom stereocenters. The Morgan fingerprint density at radius 3 is 2.35 bits per heavy atom. The Morgan fingerprint density at radius 1 is 1.07 bits per heavy atom. The van der Waals surface area contributed by atoms with Crippen molar-refractivity contribution in [2.75, 3.05) is 39.3 Å². The van der Waals surface area contributed by atoms with Crippen molar-refractivity contribution in [3.63, 3.8) is 0 Å². The third-order valence-corrected chi connectivity index (χ3v) is 10.3. The van der Waals surface area contributed by atoms with Crippen LogP contribution in [0.5, 0.6) is 0 Å². The summed E-state index contributed by atoms with van der Waals surface area (Å²) in [7, 11) is 0. The highest BCUT2D eigenvalue weighted by atomic mass is 35.5. The molecule has 0 unspecified atom stereocenters. The molecule has 5 rings (SSSR count). The molecular weight excluding hydrogens is 529 g/mol. The van der Waals surface area contributed by atoms with Gasteiger partial charge in [-0.2, -0.15) is 0 Å². The van der Waals surface area contributed by atoms with E-state index in [2.05, 4.69) is 32.6 Å². The molecule has 0 bridgehead atoms. The summed E-state index contributed by atoms with van der Waals surface area (Å²) in [5, 5.41) is 0.240. The smallest absolute Gasteiger partial charge is 0.410 e. The monoisotopic (exact) mass is 577 g/mol. The van der Waals surface area contributed by atoms with E-state index in [-0.39, 0.29) is 27.9 Å². The molecule has 0 radical (unpaired) electrons. The van der Waals surface area contributed by atoms with Gasteiger partial charge in [0.25, 0.3) is 0 Å². The van der Waals surface area contributed by atoms with E-state index in [4.69, 9.17) is 16.3 Å². The summed E-state index contributed by atoms with van der Waals surface area (Å²) in [6.07, 6.45) is 11.7. The fourth-order valence-corrected chi connectivity index (χ4v) is 7.42. The molecule has 0 aromatic heterocycles. The number of halogens is 2. The summed E-state index contributed by atoms with van der Waals surface area (Å²) in [6.45, 7) is 13.8. The zero-order valence-electron chi connectivity index (χ0n) is 25.0. The van der Waals surface area contributed by atoms with E-state index in [1.165, 1.54) is 63.1 Å². The summed E-state index contributed by atoms with van der Waals surface area (Å²) >= 11 is 5.84. The van der Waals surface area contributed by atoms with Crippen LogP contribution in [0.25, 0.3) is 0 Å². The number of carbonyl (C=O) groups is 2. The molecule has 1 aliphatic carbocycles. The number of piperidine rings is 2. The van der Waals surface area contributed by atoms with Gasteiger partial charge in [-0.05, 0) is 108 Å². The van der Waals surface area contributed by atoms with E-state index < -0.39 is 0 Å². The largest absolute Gasteiger partial charge is 0.447 e. The second kappa shape index (κ2) is 13.4. The van der Waals surface area contributed by atoms with Gasteiger partial charge < -0.3 is 14.5 Å². The van der Waals surface area contributed by atoms with E-state index in [0.717, 1.165) is 45.4 Å². The van der Waals surface area contributed by atoms with Crippen molar-refractivity contribution >= 4 is 24.1 Å². The van der Waals surface area contributed by atoms with Crippen LogP contribution in [0.2, 0.25) is 5.02 Å². The highest BCUT2D eigenvalue weighted by molar-refractivity contribution is 6.30. The van der Waals surface area contributed by atoms with Crippen molar-refractivity contribution in [1.29, 1.82) is 0 Å². The minimum atomic E-state index is -0.327. The standard InChI is InChI=1S/C18H30N2O3.C14H19ClFN/c1-17(2)13-23-16(22)20(17)12-18(15-6-4-3-5-7-15)8-10-19(14-21)11-9-18;1-10(2)17-7-3-4-12(9-17)11-5-6-14(16)13(15)8-11/h14-15H,3-13H2,1-2H3;5-6,8,10,12H,3-4,7,9H2,1-2H3/t;12-/m.0/s1. The van der Waals surface area contributed by atoms with Crippen molar-refractivity contribution in [1.82, 2.24) is 14.7 Å². The van der Waals surface area contributed by atoms with Crippen molar-refractivity contribution in [3.05, 3.63) is 34.6 Å². The lowest BCUT2D eigenvalue weighted by Crippen LogP contribution is -2.54.